The highest BCUT2D eigenvalue weighted by Crippen LogP contribution is 2.39. The zero-order chi connectivity index (χ0) is 14.0. The second-order valence-corrected chi connectivity index (χ2v) is 6.62. The Morgan fingerprint density at radius 1 is 1.40 bits per heavy atom. The van der Waals surface area contributed by atoms with E-state index in [0.29, 0.717) is 11.2 Å². The van der Waals surface area contributed by atoms with Crippen molar-refractivity contribution in [2.24, 2.45) is 0 Å². The molecule has 1 spiro atoms. The lowest BCUT2D eigenvalue weighted by Crippen LogP contribution is -2.44. The molecular formula is C14H19BO4S. The molecule has 0 amide bonds. The maximum Gasteiger partial charge on any atom is 0.488 e. The Morgan fingerprint density at radius 3 is 3.05 bits per heavy atom. The molecule has 0 bridgehead atoms. The quantitative estimate of drug-likeness (QED) is 0.808. The van der Waals surface area contributed by atoms with Gasteiger partial charge in [-0.15, -0.1) is 0 Å². The molecule has 20 heavy (non-hydrogen) atoms. The maximum absolute atomic E-state index is 9.20. The fourth-order valence-corrected chi connectivity index (χ4v) is 4.27. The van der Waals surface area contributed by atoms with Crippen molar-refractivity contribution in [1.82, 2.24) is 0 Å². The smallest absolute Gasteiger partial charge is 0.488 e. The Bertz CT molecular complexity index is 462. The first kappa shape index (κ1) is 14.3. The number of rotatable bonds is 3. The first-order chi connectivity index (χ1) is 9.67. The first-order valence-electron chi connectivity index (χ1n) is 7.01. The largest absolute Gasteiger partial charge is 0.490 e. The highest BCUT2D eigenvalue weighted by Gasteiger charge is 2.41. The van der Waals surface area contributed by atoms with Gasteiger partial charge in [-0.25, -0.2) is 0 Å². The van der Waals surface area contributed by atoms with Crippen molar-refractivity contribution < 1.29 is 19.5 Å². The molecule has 2 heterocycles. The van der Waals surface area contributed by atoms with E-state index in [1.165, 1.54) is 5.75 Å². The van der Waals surface area contributed by atoms with Crippen LogP contribution in [0.5, 0.6) is 5.75 Å². The predicted octanol–water partition coefficient (Wildman–Crippen LogP) is 0.800. The summed E-state index contributed by atoms with van der Waals surface area (Å²) in [5.74, 6) is 2.92. The number of thioether (sulfide) groups is 1. The predicted molar refractivity (Wildman–Crippen MR) is 80.5 cm³/mol. The molecule has 2 fully saturated rings. The Hall–Kier alpha value is -0.685. The third-order valence-electron chi connectivity index (χ3n) is 3.97. The van der Waals surface area contributed by atoms with Crippen molar-refractivity contribution in [3.05, 3.63) is 24.3 Å². The molecule has 2 aliphatic heterocycles. The van der Waals surface area contributed by atoms with Crippen LogP contribution in [0, 0.1) is 0 Å². The summed E-state index contributed by atoms with van der Waals surface area (Å²) in [5.41, 5.74) is 0.461. The minimum Gasteiger partial charge on any atom is -0.490 e. The first-order valence-corrected chi connectivity index (χ1v) is 8.17. The average Bonchev–Trinajstić information content (AvgIpc) is 2.87. The van der Waals surface area contributed by atoms with E-state index >= 15 is 0 Å². The summed E-state index contributed by atoms with van der Waals surface area (Å²) in [7, 11) is -1.45. The normalized spacial score (nSPS) is 29.6. The average molecular weight is 294 g/mol. The highest BCUT2D eigenvalue weighted by molar-refractivity contribution is 7.99. The summed E-state index contributed by atoms with van der Waals surface area (Å²) in [5, 5.41) is 18.4. The molecule has 4 nitrogen and oxygen atoms in total. The van der Waals surface area contributed by atoms with Crippen molar-refractivity contribution in [3.63, 3.8) is 0 Å². The van der Waals surface area contributed by atoms with E-state index in [4.69, 9.17) is 9.47 Å². The molecule has 0 saturated carbocycles. The van der Waals surface area contributed by atoms with Crippen LogP contribution in [0.3, 0.4) is 0 Å². The van der Waals surface area contributed by atoms with Crippen LogP contribution in [0.25, 0.3) is 0 Å². The van der Waals surface area contributed by atoms with Crippen LogP contribution in [-0.2, 0) is 4.74 Å². The van der Waals surface area contributed by atoms with Crippen LogP contribution in [0.4, 0.5) is 0 Å². The lowest BCUT2D eigenvalue weighted by atomic mass is 9.80. The van der Waals surface area contributed by atoms with Gasteiger partial charge in [0.2, 0.25) is 0 Å². The SMILES string of the molecule is OB(O)c1cccc(OC2CCOC3(CCSC3)C2)c1. The van der Waals surface area contributed by atoms with Crippen molar-refractivity contribution >= 4 is 24.3 Å². The van der Waals surface area contributed by atoms with Crippen LogP contribution in [0.15, 0.2) is 24.3 Å². The second-order valence-electron chi connectivity index (χ2n) is 5.51. The van der Waals surface area contributed by atoms with Crippen molar-refractivity contribution in [2.45, 2.75) is 31.0 Å². The fourth-order valence-electron chi connectivity index (χ4n) is 2.89. The van der Waals surface area contributed by atoms with Crippen molar-refractivity contribution in [1.29, 1.82) is 0 Å². The summed E-state index contributed by atoms with van der Waals surface area (Å²) in [4.78, 5) is 0. The van der Waals surface area contributed by atoms with Gasteiger partial charge in [0, 0.05) is 18.6 Å². The summed E-state index contributed by atoms with van der Waals surface area (Å²) >= 11 is 1.95. The van der Waals surface area contributed by atoms with Crippen LogP contribution >= 0.6 is 11.8 Å². The van der Waals surface area contributed by atoms with Crippen LogP contribution in [-0.4, -0.2) is 47.0 Å². The van der Waals surface area contributed by atoms with Gasteiger partial charge in [-0.2, -0.15) is 11.8 Å². The van der Waals surface area contributed by atoms with E-state index in [1.807, 2.05) is 17.8 Å². The number of ether oxygens (including phenoxy) is 2. The molecule has 2 unspecified atom stereocenters. The molecule has 6 heteroatoms. The van der Waals surface area contributed by atoms with Gasteiger partial charge < -0.3 is 19.5 Å². The zero-order valence-corrected chi connectivity index (χ0v) is 12.1. The Labute approximate surface area is 123 Å². The molecule has 1 aromatic rings. The topological polar surface area (TPSA) is 58.9 Å². The van der Waals surface area contributed by atoms with E-state index < -0.39 is 7.12 Å². The molecule has 1 aromatic carbocycles. The van der Waals surface area contributed by atoms with Crippen LogP contribution < -0.4 is 10.2 Å². The third kappa shape index (κ3) is 3.14. The molecule has 2 atom stereocenters. The Morgan fingerprint density at radius 2 is 2.30 bits per heavy atom. The van der Waals surface area contributed by atoms with E-state index in [0.717, 1.165) is 31.6 Å². The summed E-state index contributed by atoms with van der Waals surface area (Å²) < 4.78 is 12.0. The van der Waals surface area contributed by atoms with Gasteiger partial charge >= 0.3 is 7.12 Å². The fraction of sp³-hybridized carbons (Fsp3) is 0.571. The highest BCUT2D eigenvalue weighted by atomic mass is 32.2. The Balaban J connectivity index is 1.66. The molecule has 2 N–H and O–H groups in total. The molecule has 3 rings (SSSR count). The number of benzene rings is 1. The van der Waals surface area contributed by atoms with Gasteiger partial charge in [-0.1, -0.05) is 12.1 Å². The minimum absolute atomic E-state index is 0.00167. The molecular weight excluding hydrogens is 275 g/mol. The lowest BCUT2D eigenvalue weighted by Gasteiger charge is -2.37. The molecule has 0 radical (unpaired) electrons. The standard InChI is InChI=1S/C14H19BO4S/c16-15(17)11-2-1-3-12(8-11)19-13-4-6-18-14(9-13)5-7-20-10-14/h1-3,8,13,16-17H,4-7,9-10H2. The Kier molecular flexibility index (Phi) is 4.26. The van der Waals surface area contributed by atoms with E-state index in [2.05, 4.69) is 0 Å². The van der Waals surface area contributed by atoms with Gasteiger partial charge in [0.15, 0.2) is 0 Å². The zero-order valence-electron chi connectivity index (χ0n) is 11.3. The molecule has 0 aromatic heterocycles. The van der Waals surface area contributed by atoms with E-state index in [1.54, 1.807) is 18.2 Å². The summed E-state index contributed by atoms with van der Waals surface area (Å²) in [6.07, 6.45) is 3.06. The summed E-state index contributed by atoms with van der Waals surface area (Å²) in [6.45, 7) is 0.744. The second kappa shape index (κ2) is 5.97. The van der Waals surface area contributed by atoms with Gasteiger partial charge in [0.05, 0.1) is 12.2 Å². The summed E-state index contributed by atoms with van der Waals surface area (Å²) in [6, 6.07) is 7.01. The van der Waals surface area contributed by atoms with Crippen molar-refractivity contribution in [3.8, 4) is 5.75 Å². The monoisotopic (exact) mass is 294 g/mol. The van der Waals surface area contributed by atoms with Gasteiger partial charge in [0.1, 0.15) is 11.9 Å². The molecule has 2 saturated heterocycles. The molecule has 0 aliphatic carbocycles. The number of hydrogen-bond acceptors (Lipinski definition) is 5. The van der Waals surface area contributed by atoms with Gasteiger partial charge in [-0.3, -0.25) is 0 Å². The maximum atomic E-state index is 9.20. The van der Waals surface area contributed by atoms with Crippen LogP contribution in [0.1, 0.15) is 19.3 Å². The molecule has 108 valence electrons. The van der Waals surface area contributed by atoms with Gasteiger partial charge in [-0.05, 0) is 29.8 Å². The van der Waals surface area contributed by atoms with E-state index in [9.17, 15) is 10.0 Å². The van der Waals surface area contributed by atoms with Gasteiger partial charge in [0.25, 0.3) is 0 Å². The van der Waals surface area contributed by atoms with Crippen LogP contribution in [0.2, 0.25) is 0 Å². The number of hydrogen-bond donors (Lipinski definition) is 2. The minimum atomic E-state index is -1.45. The van der Waals surface area contributed by atoms with Crippen molar-refractivity contribution in [2.75, 3.05) is 18.1 Å². The molecule has 2 aliphatic rings. The third-order valence-corrected chi connectivity index (χ3v) is 5.20. The van der Waals surface area contributed by atoms with E-state index in [-0.39, 0.29) is 11.7 Å². The lowest BCUT2D eigenvalue weighted by molar-refractivity contribution is -0.0958.